The van der Waals surface area contributed by atoms with Crippen LogP contribution in [0.2, 0.25) is 0 Å². The topological polar surface area (TPSA) is 61.9 Å². The maximum atomic E-state index is 11.9. The number of nitrogens with zero attached hydrogens (tertiary/aromatic N) is 2. The van der Waals surface area contributed by atoms with E-state index >= 15 is 0 Å². The van der Waals surface area contributed by atoms with Crippen molar-refractivity contribution in [1.82, 2.24) is 15.1 Å². The fourth-order valence-corrected chi connectivity index (χ4v) is 3.26. The monoisotopic (exact) mass is 311 g/mol. The van der Waals surface area contributed by atoms with Gasteiger partial charge in [-0.3, -0.25) is 4.79 Å². The average molecular weight is 311 g/mol. The molecule has 126 valence electrons. The molecule has 0 atom stereocenters. The van der Waals surface area contributed by atoms with Gasteiger partial charge in [-0.25, -0.2) is 4.79 Å². The zero-order valence-corrected chi connectivity index (χ0v) is 13.8. The Hall–Kier alpha value is -1.30. The van der Waals surface area contributed by atoms with E-state index in [1.54, 1.807) is 4.90 Å². The molecule has 2 fully saturated rings. The first-order valence-electron chi connectivity index (χ1n) is 8.40. The second-order valence-electron chi connectivity index (χ2n) is 6.65. The van der Waals surface area contributed by atoms with Crippen molar-refractivity contribution in [2.24, 2.45) is 11.8 Å². The van der Waals surface area contributed by atoms with Crippen LogP contribution in [0.25, 0.3) is 0 Å². The third-order valence-corrected chi connectivity index (χ3v) is 4.91. The number of hydrogen-bond acceptors (Lipinski definition) is 4. The number of carbonyl (C=O) groups excluding carboxylic acids is 2. The molecular formula is C16H29N3O3. The highest BCUT2D eigenvalue weighted by molar-refractivity contribution is 5.80. The zero-order valence-electron chi connectivity index (χ0n) is 13.8. The molecule has 2 amide bonds. The Morgan fingerprint density at radius 3 is 2.32 bits per heavy atom. The summed E-state index contributed by atoms with van der Waals surface area (Å²) in [6, 6.07) is -0.157. The molecule has 2 heterocycles. The average Bonchev–Trinajstić information content (AvgIpc) is 2.55. The highest BCUT2D eigenvalue weighted by atomic mass is 16.5. The first-order valence-corrected chi connectivity index (χ1v) is 8.40. The molecule has 2 rings (SSSR count). The molecule has 22 heavy (non-hydrogen) atoms. The Balaban J connectivity index is 1.65. The molecule has 0 aromatic rings. The largest absolute Gasteiger partial charge is 0.468 e. The summed E-state index contributed by atoms with van der Waals surface area (Å²) >= 11 is 0. The molecule has 6 heteroatoms. The Morgan fingerprint density at radius 1 is 1.09 bits per heavy atom. The molecule has 0 unspecified atom stereocenters. The van der Waals surface area contributed by atoms with Crippen molar-refractivity contribution in [3.63, 3.8) is 0 Å². The molecule has 0 saturated carbocycles. The van der Waals surface area contributed by atoms with Crippen LogP contribution in [-0.2, 0) is 9.53 Å². The molecule has 2 aliphatic heterocycles. The molecule has 0 aliphatic carbocycles. The normalized spacial score (nSPS) is 21.6. The van der Waals surface area contributed by atoms with Crippen molar-refractivity contribution in [1.29, 1.82) is 0 Å². The van der Waals surface area contributed by atoms with Crippen LogP contribution in [0.15, 0.2) is 0 Å². The molecule has 0 spiro atoms. The van der Waals surface area contributed by atoms with Crippen LogP contribution < -0.4 is 5.32 Å². The van der Waals surface area contributed by atoms with E-state index in [2.05, 4.69) is 21.9 Å². The minimum absolute atomic E-state index is 0.0543. The highest BCUT2D eigenvalue weighted by Crippen LogP contribution is 2.22. The summed E-state index contributed by atoms with van der Waals surface area (Å²) in [5.41, 5.74) is 0. The van der Waals surface area contributed by atoms with Crippen molar-refractivity contribution in [3.05, 3.63) is 0 Å². The van der Waals surface area contributed by atoms with E-state index in [0.29, 0.717) is 5.92 Å². The molecule has 2 saturated heterocycles. The van der Waals surface area contributed by atoms with Crippen LogP contribution in [0.3, 0.4) is 0 Å². The first kappa shape index (κ1) is 17.1. The quantitative estimate of drug-likeness (QED) is 0.795. The third kappa shape index (κ3) is 5.16. The van der Waals surface area contributed by atoms with Gasteiger partial charge in [0.05, 0.1) is 7.11 Å². The van der Waals surface area contributed by atoms with Gasteiger partial charge in [0.2, 0.25) is 0 Å². The predicted octanol–water partition coefficient (Wildman–Crippen LogP) is 1.31. The fraction of sp³-hybridized carbons (Fsp3) is 0.875. The SMILES string of the molecule is COC(=O)CNC(=O)N1CCC(CN2CCC(C)CC2)CC1. The van der Waals surface area contributed by atoms with E-state index in [1.165, 1.54) is 39.6 Å². The van der Waals surface area contributed by atoms with Crippen LogP contribution in [0, 0.1) is 11.8 Å². The molecule has 1 N–H and O–H groups in total. The van der Waals surface area contributed by atoms with Crippen LogP contribution >= 0.6 is 0 Å². The third-order valence-electron chi connectivity index (χ3n) is 4.91. The maximum absolute atomic E-state index is 11.9. The number of methoxy groups -OCH3 is 1. The summed E-state index contributed by atoms with van der Waals surface area (Å²) in [7, 11) is 1.32. The Bertz CT molecular complexity index is 373. The van der Waals surface area contributed by atoms with Gasteiger partial charge in [0, 0.05) is 19.6 Å². The second-order valence-corrected chi connectivity index (χ2v) is 6.65. The Kier molecular flexibility index (Phi) is 6.49. The number of nitrogens with one attached hydrogen (secondary N) is 1. The highest BCUT2D eigenvalue weighted by Gasteiger charge is 2.25. The fourth-order valence-electron chi connectivity index (χ4n) is 3.26. The van der Waals surface area contributed by atoms with Gasteiger partial charge in [0.25, 0.3) is 0 Å². The summed E-state index contributed by atoms with van der Waals surface area (Å²) in [6.07, 6.45) is 4.74. The van der Waals surface area contributed by atoms with Crippen molar-refractivity contribution in [2.45, 2.75) is 32.6 Å². The van der Waals surface area contributed by atoms with E-state index in [-0.39, 0.29) is 12.6 Å². The predicted molar refractivity (Wildman–Crippen MR) is 84.5 cm³/mol. The van der Waals surface area contributed by atoms with Gasteiger partial charge < -0.3 is 19.9 Å². The second kappa shape index (κ2) is 8.36. The minimum Gasteiger partial charge on any atom is -0.468 e. The number of ether oxygens (including phenoxy) is 1. The van der Waals surface area contributed by atoms with Crippen LogP contribution in [0.4, 0.5) is 4.79 Å². The summed E-state index contributed by atoms with van der Waals surface area (Å²) < 4.78 is 4.52. The zero-order chi connectivity index (χ0) is 15.9. The van der Waals surface area contributed by atoms with Crippen molar-refractivity contribution >= 4 is 12.0 Å². The van der Waals surface area contributed by atoms with Crippen LogP contribution in [0.5, 0.6) is 0 Å². The lowest BCUT2D eigenvalue weighted by atomic mass is 9.93. The molecule has 0 aromatic carbocycles. The van der Waals surface area contributed by atoms with E-state index in [0.717, 1.165) is 31.8 Å². The van der Waals surface area contributed by atoms with E-state index in [4.69, 9.17) is 0 Å². The molecule has 6 nitrogen and oxygen atoms in total. The number of piperidine rings is 2. The lowest BCUT2D eigenvalue weighted by molar-refractivity contribution is -0.139. The van der Waals surface area contributed by atoms with E-state index < -0.39 is 5.97 Å². The number of hydrogen-bond donors (Lipinski definition) is 1. The summed E-state index contributed by atoms with van der Waals surface area (Å²) in [5.74, 6) is 1.15. The maximum Gasteiger partial charge on any atom is 0.325 e. The number of amides is 2. The van der Waals surface area contributed by atoms with Gasteiger partial charge >= 0.3 is 12.0 Å². The van der Waals surface area contributed by atoms with E-state index in [9.17, 15) is 9.59 Å². The Labute approximate surface area is 133 Å². The number of likely N-dealkylation sites (tertiary alicyclic amines) is 2. The summed E-state index contributed by atoms with van der Waals surface area (Å²) in [4.78, 5) is 27.4. The minimum atomic E-state index is -0.414. The molecule has 0 bridgehead atoms. The molecule has 2 aliphatic rings. The molecular weight excluding hydrogens is 282 g/mol. The van der Waals surface area contributed by atoms with Crippen LogP contribution in [0.1, 0.15) is 32.6 Å². The Morgan fingerprint density at radius 2 is 1.73 bits per heavy atom. The first-order chi connectivity index (χ1) is 10.6. The van der Waals surface area contributed by atoms with Crippen molar-refractivity contribution in [2.75, 3.05) is 46.4 Å². The number of rotatable bonds is 4. The van der Waals surface area contributed by atoms with E-state index in [1.807, 2.05) is 0 Å². The number of carbonyl (C=O) groups is 2. The summed E-state index contributed by atoms with van der Waals surface area (Å²) in [5, 5.41) is 2.61. The standard InChI is InChI=1S/C16H29N3O3/c1-13-3-7-18(8-4-13)12-14-5-9-19(10-6-14)16(21)17-11-15(20)22-2/h13-14H,3-12H2,1-2H3,(H,17,21). The van der Waals surface area contributed by atoms with Gasteiger partial charge in [-0.05, 0) is 50.6 Å². The van der Waals surface area contributed by atoms with Crippen molar-refractivity contribution in [3.8, 4) is 0 Å². The molecule has 0 aromatic heterocycles. The number of esters is 1. The lowest BCUT2D eigenvalue weighted by Gasteiger charge is -2.37. The van der Waals surface area contributed by atoms with Gasteiger partial charge in [-0.1, -0.05) is 6.92 Å². The van der Waals surface area contributed by atoms with Gasteiger partial charge in [-0.15, -0.1) is 0 Å². The smallest absolute Gasteiger partial charge is 0.325 e. The van der Waals surface area contributed by atoms with Gasteiger partial charge in [0.1, 0.15) is 6.54 Å². The van der Waals surface area contributed by atoms with Crippen molar-refractivity contribution < 1.29 is 14.3 Å². The van der Waals surface area contributed by atoms with Gasteiger partial charge in [-0.2, -0.15) is 0 Å². The van der Waals surface area contributed by atoms with Gasteiger partial charge in [0.15, 0.2) is 0 Å². The molecule has 0 radical (unpaired) electrons. The van der Waals surface area contributed by atoms with Crippen LogP contribution in [-0.4, -0.2) is 68.2 Å². The number of urea groups is 1. The summed E-state index contributed by atoms with van der Waals surface area (Å²) in [6.45, 7) is 7.46. The lowest BCUT2D eigenvalue weighted by Crippen LogP contribution is -2.47.